The second kappa shape index (κ2) is 10.7. The maximum atomic E-state index is 12.2. The van der Waals surface area contributed by atoms with Crippen LogP contribution in [0.2, 0.25) is 0 Å². The summed E-state index contributed by atoms with van der Waals surface area (Å²) in [5, 5.41) is 9.08. The summed E-state index contributed by atoms with van der Waals surface area (Å²) < 4.78 is 0. The van der Waals surface area contributed by atoms with Gasteiger partial charge in [0.2, 0.25) is 11.8 Å². The molecule has 8 heteroatoms. The third-order valence-electron chi connectivity index (χ3n) is 7.08. The number of benzene rings is 4. The number of carbonyl (C=O) groups is 2. The van der Waals surface area contributed by atoms with Crippen LogP contribution >= 0.6 is 0 Å². The lowest BCUT2D eigenvalue weighted by molar-refractivity contribution is -0.116. The first-order valence-corrected chi connectivity index (χ1v) is 13.3. The van der Waals surface area contributed by atoms with E-state index in [2.05, 4.69) is 69.1 Å². The second-order valence-corrected chi connectivity index (χ2v) is 9.85. The van der Waals surface area contributed by atoms with Crippen LogP contribution in [0, 0.1) is 0 Å². The number of hydrogen-bond donors (Lipinski definition) is 6. The number of carbonyl (C=O) groups excluding carboxylic acids is 2. The molecule has 0 saturated carbocycles. The van der Waals surface area contributed by atoms with Crippen LogP contribution in [0.1, 0.15) is 12.8 Å². The summed E-state index contributed by atoms with van der Waals surface area (Å²) in [4.78, 5) is 31.0. The predicted octanol–water partition coefficient (Wildman–Crippen LogP) is 5.71. The quantitative estimate of drug-likeness (QED) is 0.150. The van der Waals surface area contributed by atoms with Crippen LogP contribution in [0.3, 0.4) is 0 Å². The maximum Gasteiger partial charge on any atom is 0.226 e. The van der Waals surface area contributed by atoms with Gasteiger partial charge in [-0.25, -0.2) is 0 Å². The number of fused-ring (bicyclic) bond motifs is 4. The molecule has 6 aromatic rings. The highest BCUT2D eigenvalue weighted by atomic mass is 16.2. The first-order chi connectivity index (χ1) is 19.5. The molecule has 0 radical (unpaired) electrons. The number of rotatable bonds is 8. The van der Waals surface area contributed by atoms with Crippen molar-refractivity contribution in [3.63, 3.8) is 0 Å². The first-order valence-electron chi connectivity index (χ1n) is 13.3. The van der Waals surface area contributed by atoms with Gasteiger partial charge in [0.05, 0.1) is 0 Å². The van der Waals surface area contributed by atoms with Gasteiger partial charge >= 0.3 is 0 Å². The summed E-state index contributed by atoms with van der Waals surface area (Å²) >= 11 is 0. The average Bonchev–Trinajstić information content (AvgIpc) is 3.52. The monoisotopic (exact) mass is 530 g/mol. The van der Waals surface area contributed by atoms with Gasteiger partial charge in [-0.3, -0.25) is 9.59 Å². The number of aromatic nitrogens is 2. The molecule has 0 saturated heterocycles. The zero-order valence-electron chi connectivity index (χ0n) is 21.9. The molecule has 6 rings (SSSR count). The van der Waals surface area contributed by atoms with Crippen LogP contribution in [-0.2, 0) is 9.59 Å². The first kappa shape index (κ1) is 25.4. The van der Waals surface area contributed by atoms with Crippen molar-refractivity contribution in [1.29, 1.82) is 0 Å². The Bertz CT molecular complexity index is 1880. The Kier molecular flexibility index (Phi) is 6.77. The van der Waals surface area contributed by atoms with E-state index in [0.717, 1.165) is 60.6 Å². The Morgan fingerprint density at radius 2 is 1.23 bits per heavy atom. The van der Waals surface area contributed by atoms with Crippen LogP contribution in [0.15, 0.2) is 84.9 Å². The van der Waals surface area contributed by atoms with Crippen LogP contribution in [-0.4, -0.2) is 34.9 Å². The minimum absolute atomic E-state index is 0.0998. The summed E-state index contributed by atoms with van der Waals surface area (Å²) in [5.74, 6) is 0.445. The van der Waals surface area contributed by atoms with Crippen molar-refractivity contribution in [3.8, 4) is 22.3 Å². The number of nitrogens with two attached hydrogens (primary N) is 2. The smallest absolute Gasteiger partial charge is 0.226 e. The minimum atomic E-state index is -0.112. The molecular formula is C32H30N6O2. The van der Waals surface area contributed by atoms with Crippen molar-refractivity contribution in [2.45, 2.75) is 12.8 Å². The summed E-state index contributed by atoms with van der Waals surface area (Å²) in [6, 6.07) is 28.7. The molecule has 8 nitrogen and oxygen atoms in total. The van der Waals surface area contributed by atoms with Gasteiger partial charge in [-0.15, -0.1) is 0 Å². The van der Waals surface area contributed by atoms with E-state index in [1.165, 1.54) is 0 Å². The molecule has 0 unspecified atom stereocenters. The lowest BCUT2D eigenvalue weighted by Gasteiger charge is -2.11. The third kappa shape index (κ3) is 4.93. The number of amides is 2. The number of aromatic amines is 2. The molecule has 2 amide bonds. The Morgan fingerprint density at radius 1 is 0.625 bits per heavy atom. The zero-order chi connectivity index (χ0) is 27.6. The van der Waals surface area contributed by atoms with E-state index in [1.807, 2.05) is 36.4 Å². The third-order valence-corrected chi connectivity index (χ3v) is 7.08. The normalized spacial score (nSPS) is 11.3. The Labute approximate surface area is 230 Å². The van der Waals surface area contributed by atoms with Crippen LogP contribution in [0.5, 0.6) is 0 Å². The molecule has 0 aliphatic carbocycles. The van der Waals surface area contributed by atoms with E-state index in [4.69, 9.17) is 11.5 Å². The van der Waals surface area contributed by atoms with Gasteiger partial charge in [-0.1, -0.05) is 36.4 Å². The summed E-state index contributed by atoms with van der Waals surface area (Å²) in [6.45, 7) is 0.618. The molecule has 0 aliphatic rings. The van der Waals surface area contributed by atoms with Gasteiger partial charge in [0, 0.05) is 69.9 Å². The minimum Gasteiger partial charge on any atom is -0.355 e. The molecular weight excluding hydrogens is 500 g/mol. The average molecular weight is 531 g/mol. The van der Waals surface area contributed by atoms with E-state index in [9.17, 15) is 9.59 Å². The Balaban J connectivity index is 1.37. The van der Waals surface area contributed by atoms with Gasteiger partial charge in [-0.05, 0) is 65.2 Å². The molecule has 4 aromatic carbocycles. The number of H-pyrrole nitrogens is 2. The molecule has 0 aliphatic heterocycles. The fraction of sp³-hybridized carbons (Fsp3) is 0.125. The van der Waals surface area contributed by atoms with E-state index < -0.39 is 0 Å². The molecule has 0 bridgehead atoms. The van der Waals surface area contributed by atoms with E-state index >= 15 is 0 Å². The SMILES string of the molecule is NCCC(=O)Nc1cc2cc(-c3ccc4[nH]c5ccc(-c6ccccc6NC(=O)CCN)cc5c4c3)ccc2[nH]1. The molecule has 0 atom stereocenters. The van der Waals surface area contributed by atoms with Gasteiger partial charge in [0.25, 0.3) is 0 Å². The topological polar surface area (TPSA) is 142 Å². The number of hydrogen-bond acceptors (Lipinski definition) is 4. The van der Waals surface area contributed by atoms with Gasteiger partial charge in [0.15, 0.2) is 0 Å². The Morgan fingerprint density at radius 3 is 1.95 bits per heavy atom. The highest BCUT2D eigenvalue weighted by Gasteiger charge is 2.12. The van der Waals surface area contributed by atoms with E-state index in [0.29, 0.717) is 18.9 Å². The van der Waals surface area contributed by atoms with Crippen LogP contribution in [0.25, 0.3) is 55.0 Å². The molecule has 8 N–H and O–H groups in total. The molecule has 2 heterocycles. The van der Waals surface area contributed by atoms with Crippen molar-refractivity contribution in [1.82, 2.24) is 9.97 Å². The van der Waals surface area contributed by atoms with Crippen LogP contribution < -0.4 is 22.1 Å². The predicted molar refractivity (Wildman–Crippen MR) is 163 cm³/mol. The molecule has 200 valence electrons. The highest BCUT2D eigenvalue weighted by Crippen LogP contribution is 2.36. The Hall–Kier alpha value is -4.92. The highest BCUT2D eigenvalue weighted by molar-refractivity contribution is 6.10. The van der Waals surface area contributed by atoms with Crippen molar-refractivity contribution >= 4 is 56.0 Å². The molecule has 0 spiro atoms. The van der Waals surface area contributed by atoms with Crippen molar-refractivity contribution in [2.75, 3.05) is 23.7 Å². The molecule has 0 fully saturated rings. The lowest BCUT2D eigenvalue weighted by atomic mass is 9.99. The van der Waals surface area contributed by atoms with Crippen LogP contribution in [0.4, 0.5) is 11.5 Å². The summed E-state index contributed by atoms with van der Waals surface area (Å²) in [7, 11) is 0. The number of para-hydroxylation sites is 1. The van der Waals surface area contributed by atoms with Gasteiger partial charge in [0.1, 0.15) is 5.82 Å². The molecule has 40 heavy (non-hydrogen) atoms. The largest absolute Gasteiger partial charge is 0.355 e. The van der Waals surface area contributed by atoms with Gasteiger partial charge < -0.3 is 32.1 Å². The summed E-state index contributed by atoms with van der Waals surface area (Å²) in [5.41, 5.74) is 19.0. The zero-order valence-corrected chi connectivity index (χ0v) is 21.9. The van der Waals surface area contributed by atoms with Crippen molar-refractivity contribution in [3.05, 3.63) is 84.9 Å². The maximum absolute atomic E-state index is 12.2. The molecule has 2 aromatic heterocycles. The van der Waals surface area contributed by atoms with E-state index in [1.54, 1.807) is 0 Å². The lowest BCUT2D eigenvalue weighted by Crippen LogP contribution is -2.16. The summed E-state index contributed by atoms with van der Waals surface area (Å²) in [6.07, 6.45) is 0.554. The number of nitrogens with one attached hydrogen (secondary N) is 4. The second-order valence-electron chi connectivity index (χ2n) is 9.85. The fourth-order valence-electron chi connectivity index (χ4n) is 5.16. The van der Waals surface area contributed by atoms with E-state index in [-0.39, 0.29) is 24.7 Å². The standard InChI is InChI=1S/C32H30N6O2/c33-13-11-31(39)37-27-4-2-1-3-23(27)21-7-10-29-25(17-21)24-16-20(6-9-28(24)35-29)19-5-8-26-22(15-19)18-30(36-26)38-32(40)12-14-34/h1-10,15-18,35-36H,11-14,33-34H2,(H,37,39)(H,38,40). The van der Waals surface area contributed by atoms with Crippen molar-refractivity contribution < 1.29 is 9.59 Å². The van der Waals surface area contributed by atoms with Gasteiger partial charge in [-0.2, -0.15) is 0 Å². The fourth-order valence-corrected chi connectivity index (χ4v) is 5.16. The number of anilines is 2. The van der Waals surface area contributed by atoms with Crippen molar-refractivity contribution in [2.24, 2.45) is 11.5 Å².